The predicted molar refractivity (Wildman–Crippen MR) is 107 cm³/mol. The van der Waals surface area contributed by atoms with E-state index in [4.69, 9.17) is 0 Å². The predicted octanol–water partition coefficient (Wildman–Crippen LogP) is 2.61. The number of carbonyl (C=O) groups is 1. The number of hydrogen-bond acceptors (Lipinski definition) is 2. The lowest BCUT2D eigenvalue weighted by Crippen LogP contribution is -2.39. The molecule has 0 spiro atoms. The van der Waals surface area contributed by atoms with E-state index in [1.807, 2.05) is 32.7 Å². The summed E-state index contributed by atoms with van der Waals surface area (Å²) in [6.07, 6.45) is 0. The van der Waals surface area contributed by atoms with Crippen LogP contribution in [0.5, 0.6) is 0 Å². The second-order valence-electron chi connectivity index (χ2n) is 5.66. The van der Waals surface area contributed by atoms with Crippen LogP contribution in [-0.4, -0.2) is 43.4 Å². The minimum atomic E-state index is -0.238. The number of benzene rings is 1. The molecule has 7 heteroatoms. The molecule has 0 aromatic heterocycles. The number of guanidine groups is 1. The molecule has 24 heavy (non-hydrogen) atoms. The van der Waals surface area contributed by atoms with Crippen molar-refractivity contribution in [2.24, 2.45) is 10.9 Å². The number of nitrogens with one attached hydrogen (secondary N) is 2. The van der Waals surface area contributed by atoms with Crippen molar-refractivity contribution in [3.8, 4) is 0 Å². The summed E-state index contributed by atoms with van der Waals surface area (Å²) in [6, 6.07) is 6.43. The largest absolute Gasteiger partial charge is 0.357 e. The van der Waals surface area contributed by atoms with Crippen LogP contribution in [0.2, 0.25) is 0 Å². The summed E-state index contributed by atoms with van der Waals surface area (Å²) >= 11 is 0. The van der Waals surface area contributed by atoms with Gasteiger partial charge in [0.1, 0.15) is 5.82 Å². The Morgan fingerprint density at radius 3 is 2.42 bits per heavy atom. The molecular formula is C17H28FIN4O. The molecule has 0 saturated heterocycles. The Balaban J connectivity index is 0.00000529. The maximum absolute atomic E-state index is 12.9. The minimum Gasteiger partial charge on any atom is -0.357 e. The molecule has 0 bridgehead atoms. The molecule has 2 N–H and O–H groups in total. The van der Waals surface area contributed by atoms with E-state index in [-0.39, 0.29) is 41.6 Å². The Hall–Kier alpha value is -1.38. The molecular weight excluding hydrogens is 422 g/mol. The van der Waals surface area contributed by atoms with Gasteiger partial charge in [0.25, 0.3) is 0 Å². The molecule has 1 amide bonds. The van der Waals surface area contributed by atoms with E-state index in [0.717, 1.165) is 18.1 Å². The maximum Gasteiger partial charge on any atom is 0.222 e. The van der Waals surface area contributed by atoms with Crippen LogP contribution in [0.3, 0.4) is 0 Å². The van der Waals surface area contributed by atoms with E-state index in [0.29, 0.717) is 19.6 Å². The summed E-state index contributed by atoms with van der Waals surface area (Å²) in [5.41, 5.74) is 1.01. The van der Waals surface area contributed by atoms with Crippen molar-refractivity contribution < 1.29 is 9.18 Å². The van der Waals surface area contributed by atoms with Crippen LogP contribution in [0.1, 0.15) is 26.3 Å². The Bertz CT molecular complexity index is 520. The molecule has 0 aliphatic heterocycles. The second kappa shape index (κ2) is 12.0. The molecule has 0 aliphatic rings. The quantitative estimate of drug-likeness (QED) is 0.291. The number of nitrogens with zero attached hydrogens (tertiary/aromatic N) is 2. The van der Waals surface area contributed by atoms with Crippen molar-refractivity contribution in [2.75, 3.05) is 26.7 Å². The van der Waals surface area contributed by atoms with Gasteiger partial charge in [-0.3, -0.25) is 9.79 Å². The molecule has 0 fully saturated rings. The molecule has 136 valence electrons. The smallest absolute Gasteiger partial charge is 0.222 e. The zero-order valence-electron chi connectivity index (χ0n) is 14.8. The van der Waals surface area contributed by atoms with Gasteiger partial charge in [-0.05, 0) is 24.6 Å². The summed E-state index contributed by atoms with van der Waals surface area (Å²) < 4.78 is 12.9. The van der Waals surface area contributed by atoms with E-state index in [1.165, 1.54) is 12.1 Å². The molecule has 1 aromatic carbocycles. The third-order valence-electron chi connectivity index (χ3n) is 3.23. The molecule has 0 atom stereocenters. The maximum atomic E-state index is 12.9. The lowest BCUT2D eigenvalue weighted by molar-refractivity contribution is -0.123. The highest BCUT2D eigenvalue weighted by Crippen LogP contribution is 2.05. The van der Waals surface area contributed by atoms with Gasteiger partial charge >= 0.3 is 0 Å². The van der Waals surface area contributed by atoms with Crippen LogP contribution >= 0.6 is 24.0 Å². The van der Waals surface area contributed by atoms with Gasteiger partial charge in [-0.1, -0.05) is 26.0 Å². The third-order valence-corrected chi connectivity index (χ3v) is 3.23. The van der Waals surface area contributed by atoms with Crippen molar-refractivity contribution in [3.63, 3.8) is 0 Å². The highest BCUT2D eigenvalue weighted by Gasteiger charge is 2.08. The fraction of sp³-hybridized carbons (Fsp3) is 0.529. The first-order valence-corrected chi connectivity index (χ1v) is 7.95. The average molecular weight is 450 g/mol. The minimum absolute atomic E-state index is 0. The lowest BCUT2D eigenvalue weighted by Gasteiger charge is -2.22. The summed E-state index contributed by atoms with van der Waals surface area (Å²) in [5.74, 6) is 0.534. The number of halogens is 2. The molecule has 0 aliphatic carbocycles. The van der Waals surface area contributed by atoms with Crippen LogP contribution < -0.4 is 10.6 Å². The fourth-order valence-corrected chi connectivity index (χ4v) is 1.95. The Morgan fingerprint density at radius 2 is 1.88 bits per heavy atom. The number of hydrogen-bond donors (Lipinski definition) is 2. The van der Waals surface area contributed by atoms with Crippen molar-refractivity contribution in [1.29, 1.82) is 0 Å². The van der Waals surface area contributed by atoms with Gasteiger partial charge < -0.3 is 15.5 Å². The van der Waals surface area contributed by atoms with Crippen molar-refractivity contribution >= 4 is 35.8 Å². The van der Waals surface area contributed by atoms with Gasteiger partial charge in [0.05, 0.1) is 6.54 Å². The second-order valence-corrected chi connectivity index (χ2v) is 5.66. The molecule has 0 saturated carbocycles. The van der Waals surface area contributed by atoms with Gasteiger partial charge in [0.2, 0.25) is 5.91 Å². The van der Waals surface area contributed by atoms with Crippen LogP contribution in [0.25, 0.3) is 0 Å². The first kappa shape index (κ1) is 22.6. The van der Waals surface area contributed by atoms with E-state index in [9.17, 15) is 9.18 Å². The van der Waals surface area contributed by atoms with Crippen molar-refractivity contribution in [2.45, 2.75) is 27.3 Å². The normalized spacial score (nSPS) is 11.0. The zero-order valence-corrected chi connectivity index (χ0v) is 17.1. The Labute approximate surface area is 161 Å². The van der Waals surface area contributed by atoms with E-state index < -0.39 is 0 Å². The third kappa shape index (κ3) is 8.47. The molecule has 1 rings (SSSR count). The van der Waals surface area contributed by atoms with E-state index >= 15 is 0 Å². The summed E-state index contributed by atoms with van der Waals surface area (Å²) in [7, 11) is 1.93. The number of amides is 1. The lowest BCUT2D eigenvalue weighted by atomic mass is 10.2. The summed E-state index contributed by atoms with van der Waals surface area (Å²) in [4.78, 5) is 18.0. The van der Waals surface area contributed by atoms with Crippen LogP contribution in [0.15, 0.2) is 29.3 Å². The fourth-order valence-electron chi connectivity index (χ4n) is 1.95. The van der Waals surface area contributed by atoms with Gasteiger partial charge in [0, 0.05) is 32.6 Å². The monoisotopic (exact) mass is 450 g/mol. The number of carbonyl (C=O) groups excluding carboxylic acids is 1. The van der Waals surface area contributed by atoms with Crippen LogP contribution in [0.4, 0.5) is 4.39 Å². The molecule has 0 unspecified atom stereocenters. The van der Waals surface area contributed by atoms with Crippen LogP contribution in [-0.2, 0) is 11.3 Å². The first-order chi connectivity index (χ1) is 10.9. The zero-order chi connectivity index (χ0) is 17.2. The molecule has 5 nitrogen and oxygen atoms in total. The number of aliphatic imine (C=N–C) groups is 1. The average Bonchev–Trinajstić information content (AvgIpc) is 2.52. The number of rotatable bonds is 7. The highest BCUT2D eigenvalue weighted by atomic mass is 127. The van der Waals surface area contributed by atoms with Crippen LogP contribution in [0, 0.1) is 11.7 Å². The first-order valence-electron chi connectivity index (χ1n) is 7.95. The van der Waals surface area contributed by atoms with Gasteiger partial charge in [-0.2, -0.15) is 0 Å². The Kier molecular flexibility index (Phi) is 11.4. The Morgan fingerprint density at radius 1 is 1.25 bits per heavy atom. The summed E-state index contributed by atoms with van der Waals surface area (Å²) in [5, 5.41) is 6.05. The molecule has 1 aromatic rings. The topological polar surface area (TPSA) is 56.7 Å². The molecule has 0 radical (unpaired) electrons. The van der Waals surface area contributed by atoms with Gasteiger partial charge in [0.15, 0.2) is 5.96 Å². The van der Waals surface area contributed by atoms with Crippen molar-refractivity contribution in [1.82, 2.24) is 15.5 Å². The standard InChI is InChI=1S/C17H27FN4O.HI/c1-5-19-17(21-11-10-20-16(23)13(2)3)22(4)12-14-6-8-15(18)9-7-14;/h6-9,13H,5,10-12H2,1-4H3,(H,19,21)(H,20,23);1H. The highest BCUT2D eigenvalue weighted by molar-refractivity contribution is 14.0. The molecule has 0 heterocycles. The van der Waals surface area contributed by atoms with E-state index in [1.54, 1.807) is 12.1 Å². The van der Waals surface area contributed by atoms with E-state index in [2.05, 4.69) is 15.6 Å². The van der Waals surface area contributed by atoms with Gasteiger partial charge in [-0.15, -0.1) is 24.0 Å². The summed E-state index contributed by atoms with van der Waals surface area (Å²) in [6.45, 7) is 8.13. The SMILES string of the molecule is CCNC(=NCCNC(=O)C(C)C)N(C)Cc1ccc(F)cc1.I. The van der Waals surface area contributed by atoms with Gasteiger partial charge in [-0.25, -0.2) is 4.39 Å². The van der Waals surface area contributed by atoms with Crippen molar-refractivity contribution in [3.05, 3.63) is 35.6 Å².